The molecule has 0 bridgehead atoms. The van der Waals surface area contributed by atoms with Crippen LogP contribution in [0.2, 0.25) is 5.02 Å². The Balaban J connectivity index is 1.62. The molecule has 1 heterocycles. The predicted octanol–water partition coefficient (Wildman–Crippen LogP) is 5.00. The van der Waals surface area contributed by atoms with Crippen molar-refractivity contribution >= 4 is 17.3 Å². The first kappa shape index (κ1) is 18.9. The second-order valence-electron chi connectivity index (χ2n) is 5.35. The number of nitrogens with zero attached hydrogens (tertiary/aromatic N) is 2. The van der Waals surface area contributed by atoms with Crippen molar-refractivity contribution < 1.29 is 22.8 Å². The molecule has 0 aliphatic rings. The molecule has 0 spiro atoms. The molecule has 0 aliphatic heterocycles. The Kier molecular flexibility index (Phi) is 6.08. The van der Waals surface area contributed by atoms with E-state index in [2.05, 4.69) is 20.2 Å². The minimum atomic E-state index is -2.93. The van der Waals surface area contributed by atoms with Gasteiger partial charge in [-0.3, -0.25) is 0 Å². The van der Waals surface area contributed by atoms with Gasteiger partial charge < -0.3 is 19.3 Å². The summed E-state index contributed by atoms with van der Waals surface area (Å²) in [6, 6.07) is 11.7. The fourth-order valence-corrected chi connectivity index (χ4v) is 2.52. The monoisotopic (exact) mass is 395 g/mol. The molecule has 0 radical (unpaired) electrons. The number of rotatable bonds is 8. The molecule has 0 fully saturated rings. The summed E-state index contributed by atoms with van der Waals surface area (Å²) < 4.78 is 39.4. The van der Waals surface area contributed by atoms with Gasteiger partial charge >= 0.3 is 6.61 Å². The van der Waals surface area contributed by atoms with E-state index >= 15 is 0 Å². The van der Waals surface area contributed by atoms with Crippen LogP contribution in [0.3, 0.4) is 0 Å². The second-order valence-corrected chi connectivity index (χ2v) is 5.75. The van der Waals surface area contributed by atoms with Crippen molar-refractivity contribution in [2.45, 2.75) is 20.1 Å². The van der Waals surface area contributed by atoms with Crippen LogP contribution in [-0.4, -0.2) is 23.4 Å². The smallest absolute Gasteiger partial charge is 0.387 e. The van der Waals surface area contributed by atoms with Crippen LogP contribution < -0.4 is 14.8 Å². The molecule has 0 aliphatic carbocycles. The Bertz CT molecular complexity index is 888. The first-order valence-electron chi connectivity index (χ1n) is 8.09. The molecule has 0 saturated heterocycles. The summed E-state index contributed by atoms with van der Waals surface area (Å²) in [5.41, 5.74) is 1.40. The molecule has 0 amide bonds. The van der Waals surface area contributed by atoms with Gasteiger partial charge in [0.25, 0.3) is 0 Å². The lowest BCUT2D eigenvalue weighted by molar-refractivity contribution is -0.0497. The van der Waals surface area contributed by atoms with Gasteiger partial charge in [0.15, 0.2) is 0 Å². The van der Waals surface area contributed by atoms with Crippen LogP contribution >= 0.6 is 11.6 Å². The summed E-state index contributed by atoms with van der Waals surface area (Å²) in [5, 5.41) is 7.04. The zero-order valence-corrected chi connectivity index (χ0v) is 15.0. The van der Waals surface area contributed by atoms with E-state index in [1.54, 1.807) is 6.07 Å². The van der Waals surface area contributed by atoms with E-state index in [1.807, 2.05) is 31.2 Å². The van der Waals surface area contributed by atoms with Crippen molar-refractivity contribution in [3.05, 3.63) is 53.4 Å². The Labute approximate surface area is 159 Å². The van der Waals surface area contributed by atoms with Gasteiger partial charge in [-0.1, -0.05) is 16.8 Å². The quantitative estimate of drug-likeness (QED) is 0.578. The first-order chi connectivity index (χ1) is 13.0. The van der Waals surface area contributed by atoms with Gasteiger partial charge in [0.1, 0.15) is 11.5 Å². The van der Waals surface area contributed by atoms with E-state index in [0.717, 1.165) is 11.3 Å². The molecule has 3 aromatic rings. The average molecular weight is 396 g/mol. The molecular formula is C18H16ClF2N3O3. The van der Waals surface area contributed by atoms with Gasteiger partial charge in [-0.25, -0.2) is 0 Å². The summed E-state index contributed by atoms with van der Waals surface area (Å²) in [6.07, 6.45) is 0. The van der Waals surface area contributed by atoms with Crippen molar-refractivity contribution in [2.75, 3.05) is 11.9 Å². The largest absolute Gasteiger partial charge is 0.494 e. The highest BCUT2D eigenvalue weighted by Gasteiger charge is 2.11. The number of halogens is 3. The van der Waals surface area contributed by atoms with Gasteiger partial charge in [0.2, 0.25) is 11.7 Å². The van der Waals surface area contributed by atoms with Crippen molar-refractivity contribution in [3.8, 4) is 22.9 Å². The topological polar surface area (TPSA) is 69.4 Å². The first-order valence-corrected chi connectivity index (χ1v) is 8.47. The Morgan fingerprint density at radius 2 is 1.96 bits per heavy atom. The van der Waals surface area contributed by atoms with Crippen molar-refractivity contribution in [1.29, 1.82) is 0 Å². The number of nitrogens with one attached hydrogen (secondary N) is 1. The molecular weight excluding hydrogens is 380 g/mol. The van der Waals surface area contributed by atoms with Crippen LogP contribution in [0.5, 0.6) is 11.5 Å². The van der Waals surface area contributed by atoms with E-state index in [0.29, 0.717) is 24.0 Å². The molecule has 0 saturated carbocycles. The van der Waals surface area contributed by atoms with Gasteiger partial charge in [-0.15, -0.1) is 0 Å². The van der Waals surface area contributed by atoms with Gasteiger partial charge in [0.05, 0.1) is 18.2 Å². The SMILES string of the molecule is CCOc1ccc(-c2noc(CNc3ccc(OC(F)F)c(Cl)c3)n2)cc1. The molecule has 3 rings (SSSR count). The van der Waals surface area contributed by atoms with Gasteiger partial charge in [-0.2, -0.15) is 13.8 Å². The number of ether oxygens (including phenoxy) is 2. The van der Waals surface area contributed by atoms with Crippen LogP contribution in [0.25, 0.3) is 11.4 Å². The summed E-state index contributed by atoms with van der Waals surface area (Å²) in [5.74, 6) is 1.49. The number of benzene rings is 2. The summed E-state index contributed by atoms with van der Waals surface area (Å²) in [6.45, 7) is -0.175. The lowest BCUT2D eigenvalue weighted by atomic mass is 10.2. The molecule has 0 unspecified atom stereocenters. The standard InChI is InChI=1S/C18H16ClF2N3O3/c1-2-25-13-6-3-11(4-7-13)17-23-16(27-24-17)10-22-12-5-8-15(14(19)9-12)26-18(20)21/h3-9,18,22H,2,10H2,1H3. The van der Waals surface area contributed by atoms with E-state index in [-0.39, 0.29) is 17.3 Å². The minimum Gasteiger partial charge on any atom is -0.494 e. The highest BCUT2D eigenvalue weighted by molar-refractivity contribution is 6.32. The minimum absolute atomic E-state index is 0.0703. The maximum atomic E-state index is 12.2. The Morgan fingerprint density at radius 1 is 1.19 bits per heavy atom. The van der Waals surface area contributed by atoms with Crippen LogP contribution in [0.15, 0.2) is 47.0 Å². The lowest BCUT2D eigenvalue weighted by Crippen LogP contribution is -2.03. The average Bonchev–Trinajstić information content (AvgIpc) is 3.12. The molecule has 142 valence electrons. The van der Waals surface area contributed by atoms with Crippen molar-refractivity contribution in [2.24, 2.45) is 0 Å². The van der Waals surface area contributed by atoms with Crippen LogP contribution in [0, 0.1) is 0 Å². The van der Waals surface area contributed by atoms with Crippen LogP contribution in [0.4, 0.5) is 14.5 Å². The molecule has 0 atom stereocenters. The number of aromatic nitrogens is 2. The third-order valence-corrected chi connectivity index (χ3v) is 3.78. The number of anilines is 1. The maximum absolute atomic E-state index is 12.2. The molecule has 1 aromatic heterocycles. The predicted molar refractivity (Wildman–Crippen MR) is 96.3 cm³/mol. The molecule has 27 heavy (non-hydrogen) atoms. The fraction of sp³-hybridized carbons (Fsp3) is 0.222. The van der Waals surface area contributed by atoms with E-state index in [1.165, 1.54) is 12.1 Å². The van der Waals surface area contributed by atoms with E-state index < -0.39 is 6.61 Å². The molecule has 2 aromatic carbocycles. The summed E-state index contributed by atoms with van der Waals surface area (Å²) >= 11 is 5.91. The molecule has 6 nitrogen and oxygen atoms in total. The zero-order chi connectivity index (χ0) is 19.2. The van der Waals surface area contributed by atoms with E-state index in [4.69, 9.17) is 20.9 Å². The summed E-state index contributed by atoms with van der Waals surface area (Å²) in [4.78, 5) is 4.31. The van der Waals surface area contributed by atoms with E-state index in [9.17, 15) is 8.78 Å². The van der Waals surface area contributed by atoms with Gasteiger partial charge in [-0.05, 0) is 49.4 Å². The fourth-order valence-electron chi connectivity index (χ4n) is 2.29. The maximum Gasteiger partial charge on any atom is 0.387 e. The Hall–Kier alpha value is -2.87. The van der Waals surface area contributed by atoms with Gasteiger partial charge in [0, 0.05) is 11.3 Å². The zero-order valence-electron chi connectivity index (χ0n) is 14.3. The Morgan fingerprint density at radius 3 is 2.63 bits per heavy atom. The third-order valence-electron chi connectivity index (χ3n) is 3.48. The lowest BCUT2D eigenvalue weighted by Gasteiger charge is -2.09. The number of hydrogen-bond acceptors (Lipinski definition) is 6. The van der Waals surface area contributed by atoms with Crippen LogP contribution in [0.1, 0.15) is 12.8 Å². The summed E-state index contributed by atoms with van der Waals surface area (Å²) in [7, 11) is 0. The highest BCUT2D eigenvalue weighted by atomic mass is 35.5. The highest BCUT2D eigenvalue weighted by Crippen LogP contribution is 2.29. The number of alkyl halides is 2. The molecule has 1 N–H and O–H groups in total. The van der Waals surface area contributed by atoms with Crippen molar-refractivity contribution in [1.82, 2.24) is 10.1 Å². The number of hydrogen-bond donors (Lipinski definition) is 1. The van der Waals surface area contributed by atoms with Crippen LogP contribution in [-0.2, 0) is 6.54 Å². The second kappa shape index (κ2) is 8.68. The molecule has 9 heteroatoms. The normalized spacial score (nSPS) is 10.9. The van der Waals surface area contributed by atoms with Crippen molar-refractivity contribution in [3.63, 3.8) is 0 Å². The third kappa shape index (κ3) is 5.07.